The second-order valence-electron chi connectivity index (χ2n) is 12.2. The standard InChI is InChI=1S/C21H25.C12H11Si.C5H5.2ClH.Zr/c1-20(2,3)16-7-9-18-14(12-16)11-15-13-17(21(4,5)6)8-10-19(15)18;1-3-7-11(8-4-1)13-12-9-5-2-6-10-12;1-2-4-5-3-1;;;/h7-10,12H,11H2,1-6H3;1-10,13H;1-5H;2*1H;/q-1;;-1;;;+4/p-2. The topological polar surface area (TPSA) is 0 Å². The molecule has 0 amide bonds. The molecule has 0 aromatic heterocycles. The molecule has 1 aliphatic rings. The van der Waals surface area contributed by atoms with Gasteiger partial charge < -0.3 is 24.8 Å². The maximum Gasteiger partial charge on any atom is 4.00 e. The first kappa shape index (κ1) is 37.9. The van der Waals surface area contributed by atoms with Gasteiger partial charge in [-0.25, -0.2) is 12.1 Å². The van der Waals surface area contributed by atoms with Gasteiger partial charge in [0.15, 0.2) is 0 Å². The van der Waals surface area contributed by atoms with Gasteiger partial charge in [-0.2, -0.15) is 42.0 Å². The first-order valence-corrected chi connectivity index (χ1v) is 15.1. The third-order valence-corrected chi connectivity index (χ3v) is 8.39. The molecule has 1 aliphatic carbocycles. The number of benzene rings is 4. The van der Waals surface area contributed by atoms with Gasteiger partial charge in [0.2, 0.25) is 0 Å². The maximum absolute atomic E-state index is 3.67. The molecule has 0 spiro atoms. The van der Waals surface area contributed by atoms with Gasteiger partial charge in [-0.15, -0.1) is 11.1 Å². The molecule has 6 rings (SSSR count). The minimum atomic E-state index is 0. The molecule has 0 aliphatic heterocycles. The quantitative estimate of drug-likeness (QED) is 0.194. The zero-order valence-corrected chi connectivity index (χ0v) is 30.7. The van der Waals surface area contributed by atoms with Crippen LogP contribution in [0.1, 0.15) is 63.8 Å². The van der Waals surface area contributed by atoms with Crippen molar-refractivity contribution >= 4 is 19.9 Å². The van der Waals surface area contributed by atoms with Gasteiger partial charge in [-0.05, 0) is 28.4 Å². The SMILES string of the molecule is CC(C)(C)c1[c-]c2c(cc1)-c1ccc(C(C)(C)C)cc1C2.[Cl-].[Cl-].[Zr+4].c1cc[cH-]c1.c1ccc([SiH]c2ccccc2)cc1. The fourth-order valence-electron chi connectivity index (χ4n) is 4.64. The van der Waals surface area contributed by atoms with Crippen molar-refractivity contribution in [2.75, 3.05) is 0 Å². The van der Waals surface area contributed by atoms with Crippen molar-refractivity contribution in [1.82, 2.24) is 0 Å². The van der Waals surface area contributed by atoms with E-state index in [1.54, 1.807) is 0 Å². The van der Waals surface area contributed by atoms with Crippen molar-refractivity contribution in [3.63, 3.8) is 0 Å². The Kier molecular flexibility index (Phi) is 15.6. The van der Waals surface area contributed by atoms with Crippen molar-refractivity contribution in [3.8, 4) is 11.1 Å². The van der Waals surface area contributed by atoms with Crippen LogP contribution in [0.25, 0.3) is 11.1 Å². The number of hydrogen-bond donors (Lipinski definition) is 0. The number of rotatable bonds is 2. The van der Waals surface area contributed by atoms with Gasteiger partial charge in [0.1, 0.15) is 9.52 Å². The Bertz CT molecular complexity index is 1330. The van der Waals surface area contributed by atoms with E-state index in [1.165, 1.54) is 43.8 Å². The Balaban J connectivity index is 0.000000360. The van der Waals surface area contributed by atoms with Crippen LogP contribution in [0.3, 0.4) is 0 Å². The molecule has 4 heteroatoms. The van der Waals surface area contributed by atoms with Crippen LogP contribution in [0.5, 0.6) is 0 Å². The molecule has 0 bridgehead atoms. The van der Waals surface area contributed by atoms with Gasteiger partial charge in [0.25, 0.3) is 0 Å². The molecule has 0 unspecified atom stereocenters. The molecule has 0 saturated heterocycles. The summed E-state index contributed by atoms with van der Waals surface area (Å²) >= 11 is 0. The predicted molar refractivity (Wildman–Crippen MR) is 172 cm³/mol. The van der Waals surface area contributed by atoms with E-state index in [0.29, 0.717) is 0 Å². The maximum atomic E-state index is 3.67. The van der Waals surface area contributed by atoms with Gasteiger partial charge >= 0.3 is 26.2 Å². The fraction of sp³-hybridized carbons (Fsp3) is 0.237. The summed E-state index contributed by atoms with van der Waals surface area (Å²) in [5.74, 6) is 0. The summed E-state index contributed by atoms with van der Waals surface area (Å²) in [7, 11) is 0.271. The Hall–Kier alpha value is -2.09. The largest absolute Gasteiger partial charge is 4.00 e. The average Bonchev–Trinajstić information content (AvgIpc) is 3.60. The van der Waals surface area contributed by atoms with E-state index in [-0.39, 0.29) is 71.4 Å². The molecule has 42 heavy (non-hydrogen) atoms. The molecule has 0 atom stereocenters. The summed E-state index contributed by atoms with van der Waals surface area (Å²) in [6.45, 7) is 13.6. The Morgan fingerprint density at radius 2 is 1.14 bits per heavy atom. The van der Waals surface area contributed by atoms with Crippen LogP contribution < -0.4 is 35.2 Å². The zero-order chi connectivity index (χ0) is 27.9. The van der Waals surface area contributed by atoms with E-state index in [0.717, 1.165) is 6.42 Å². The van der Waals surface area contributed by atoms with Crippen molar-refractivity contribution < 1.29 is 51.0 Å². The number of fused-ring (bicyclic) bond motifs is 3. The third-order valence-electron chi connectivity index (χ3n) is 6.95. The van der Waals surface area contributed by atoms with Crippen molar-refractivity contribution in [2.45, 2.75) is 58.8 Å². The van der Waals surface area contributed by atoms with Crippen LogP contribution in [0, 0.1) is 6.07 Å². The monoisotopic (exact) mass is 685 g/mol. The average molecular weight is 688 g/mol. The molecule has 0 heterocycles. The molecule has 5 aromatic rings. The minimum Gasteiger partial charge on any atom is -1.00 e. The molecular formula is C38H41Cl2SiZr. The molecule has 1 radical (unpaired) electrons. The van der Waals surface area contributed by atoms with Gasteiger partial charge in [-0.1, -0.05) is 136 Å². The molecule has 0 saturated carbocycles. The number of hydrogen-bond acceptors (Lipinski definition) is 0. The van der Waals surface area contributed by atoms with E-state index >= 15 is 0 Å². The summed E-state index contributed by atoms with van der Waals surface area (Å²) in [5, 5.41) is 2.90. The van der Waals surface area contributed by atoms with Crippen LogP contribution in [-0.4, -0.2) is 9.52 Å². The van der Waals surface area contributed by atoms with Crippen LogP contribution in [0.2, 0.25) is 0 Å². The number of halogens is 2. The molecule has 0 nitrogen and oxygen atoms in total. The predicted octanol–water partition coefficient (Wildman–Crippen LogP) is 2.14. The molecular weight excluding hydrogens is 647 g/mol. The van der Waals surface area contributed by atoms with E-state index < -0.39 is 0 Å². The minimum absolute atomic E-state index is 0. The molecule has 0 fully saturated rings. The van der Waals surface area contributed by atoms with Gasteiger partial charge in [-0.3, -0.25) is 0 Å². The summed E-state index contributed by atoms with van der Waals surface area (Å²) in [5.41, 5.74) is 8.70. The van der Waals surface area contributed by atoms with Crippen molar-refractivity contribution in [3.05, 3.63) is 150 Å². The summed E-state index contributed by atoms with van der Waals surface area (Å²) in [6.07, 6.45) is 1.03. The Labute approximate surface area is 288 Å². The summed E-state index contributed by atoms with van der Waals surface area (Å²) in [6, 6.07) is 46.5. The third kappa shape index (κ3) is 10.9. The van der Waals surface area contributed by atoms with E-state index in [1.807, 2.05) is 30.3 Å². The second kappa shape index (κ2) is 17.3. The van der Waals surface area contributed by atoms with Crippen LogP contribution >= 0.6 is 0 Å². The smallest absolute Gasteiger partial charge is 1.00 e. The normalized spacial score (nSPS) is 11.0. The second-order valence-corrected chi connectivity index (χ2v) is 13.9. The van der Waals surface area contributed by atoms with E-state index in [9.17, 15) is 0 Å². The molecule has 215 valence electrons. The summed E-state index contributed by atoms with van der Waals surface area (Å²) in [4.78, 5) is 0. The van der Waals surface area contributed by atoms with Crippen LogP contribution in [0.15, 0.2) is 121 Å². The first-order chi connectivity index (χ1) is 18.6. The summed E-state index contributed by atoms with van der Waals surface area (Å²) < 4.78 is 0. The van der Waals surface area contributed by atoms with E-state index in [4.69, 9.17) is 0 Å². The zero-order valence-electron chi connectivity index (χ0n) is 25.6. The van der Waals surface area contributed by atoms with Crippen molar-refractivity contribution in [1.29, 1.82) is 0 Å². The van der Waals surface area contributed by atoms with Crippen molar-refractivity contribution in [2.24, 2.45) is 0 Å². The van der Waals surface area contributed by atoms with E-state index in [2.05, 4.69) is 139 Å². The van der Waals surface area contributed by atoms with Crippen LogP contribution in [0.4, 0.5) is 0 Å². The Morgan fingerprint density at radius 1 is 0.619 bits per heavy atom. The molecule has 0 N–H and O–H groups in total. The first-order valence-electron chi connectivity index (χ1n) is 13.9. The fourth-order valence-corrected chi connectivity index (χ4v) is 5.85. The van der Waals surface area contributed by atoms with Gasteiger partial charge in [0, 0.05) is 0 Å². The molecule has 5 aromatic carbocycles. The Morgan fingerprint density at radius 3 is 1.60 bits per heavy atom. The van der Waals surface area contributed by atoms with Gasteiger partial charge in [0.05, 0.1) is 0 Å². The van der Waals surface area contributed by atoms with Crippen LogP contribution in [-0.2, 0) is 43.5 Å².